The molecule has 1 saturated heterocycles. The number of hydrogen-bond donors (Lipinski definition) is 1. The van der Waals surface area contributed by atoms with E-state index in [2.05, 4.69) is 31.1 Å². The lowest BCUT2D eigenvalue weighted by molar-refractivity contribution is 0.0710. The number of nitrogens with zero attached hydrogens (tertiary/aromatic N) is 1. The van der Waals surface area contributed by atoms with Gasteiger partial charge in [-0.25, -0.2) is 0 Å². The van der Waals surface area contributed by atoms with E-state index in [4.69, 9.17) is 0 Å². The summed E-state index contributed by atoms with van der Waals surface area (Å²) < 4.78 is 0. The summed E-state index contributed by atoms with van der Waals surface area (Å²) in [4.78, 5) is 2.79. The molecule has 1 N–H and O–H groups in total. The van der Waals surface area contributed by atoms with Crippen LogP contribution in [0.3, 0.4) is 0 Å². The molecule has 0 amide bonds. The molecule has 3 aliphatic rings. The van der Waals surface area contributed by atoms with Gasteiger partial charge >= 0.3 is 0 Å². The van der Waals surface area contributed by atoms with Gasteiger partial charge in [0.1, 0.15) is 0 Å². The number of rotatable bonds is 5. The minimum Gasteiger partial charge on any atom is -0.315 e. The molecule has 0 aromatic rings. The van der Waals surface area contributed by atoms with E-state index < -0.39 is 0 Å². The molecule has 0 radical (unpaired) electrons. The summed E-state index contributed by atoms with van der Waals surface area (Å²) in [5.74, 6) is 3.15. The Bertz CT molecular complexity index is 330. The van der Waals surface area contributed by atoms with Crippen LogP contribution in [0.25, 0.3) is 0 Å². The summed E-state index contributed by atoms with van der Waals surface area (Å²) in [7, 11) is 2.19. The number of hydrogen-bond acceptors (Lipinski definition) is 2. The smallest absolute Gasteiger partial charge is 0.0306 e. The quantitative estimate of drug-likeness (QED) is 0.822. The summed E-state index contributed by atoms with van der Waals surface area (Å²) >= 11 is 0. The Balaban J connectivity index is 1.63. The molecule has 0 spiro atoms. The van der Waals surface area contributed by atoms with Gasteiger partial charge in [-0.15, -0.1) is 0 Å². The molecule has 2 aliphatic carbocycles. The minimum atomic E-state index is 0.306. The molecular weight excluding hydrogens is 256 g/mol. The van der Waals surface area contributed by atoms with Gasteiger partial charge < -0.3 is 5.32 Å². The maximum absolute atomic E-state index is 3.70. The minimum absolute atomic E-state index is 0.306. The summed E-state index contributed by atoms with van der Waals surface area (Å²) in [5, 5.41) is 3.70. The number of fused-ring (bicyclic) bond motifs is 2. The summed E-state index contributed by atoms with van der Waals surface area (Å²) in [6, 6.07) is 0.653. The van der Waals surface area contributed by atoms with Crippen LogP contribution in [0.1, 0.15) is 71.6 Å². The molecule has 1 aliphatic heterocycles. The number of nitrogens with one attached hydrogen (secondary N) is 1. The normalized spacial score (nSPS) is 35.9. The maximum atomic E-state index is 3.70. The van der Waals surface area contributed by atoms with E-state index in [1.807, 2.05) is 0 Å². The average molecular weight is 293 g/mol. The predicted octanol–water partition coefficient (Wildman–Crippen LogP) is 4.06. The van der Waals surface area contributed by atoms with Crippen molar-refractivity contribution in [2.24, 2.45) is 17.8 Å². The fourth-order valence-electron chi connectivity index (χ4n) is 5.59. The fourth-order valence-corrected chi connectivity index (χ4v) is 5.59. The fraction of sp³-hybridized carbons (Fsp3) is 1.00. The molecule has 4 unspecified atom stereocenters. The number of likely N-dealkylation sites (tertiary alicyclic amines) is 1. The standard InChI is InChI=1S/C19H36N2/c1-19(2,21-10-6-4-5-7-11-21)18(20-3)14-17-13-15-8-9-16(17)12-15/h15-18,20H,4-14H2,1-3H3. The third-order valence-electron chi connectivity index (χ3n) is 7.05. The molecule has 21 heavy (non-hydrogen) atoms. The molecule has 3 rings (SSSR count). The first-order valence-electron chi connectivity index (χ1n) is 9.53. The van der Waals surface area contributed by atoms with Crippen LogP contribution >= 0.6 is 0 Å². The Morgan fingerprint density at radius 2 is 1.76 bits per heavy atom. The van der Waals surface area contributed by atoms with E-state index in [-0.39, 0.29) is 0 Å². The number of likely N-dealkylation sites (N-methyl/N-ethyl adjacent to an activating group) is 1. The molecule has 3 fully saturated rings. The van der Waals surface area contributed by atoms with Crippen molar-refractivity contribution < 1.29 is 0 Å². The largest absolute Gasteiger partial charge is 0.315 e. The van der Waals surface area contributed by atoms with Gasteiger partial charge in [-0.3, -0.25) is 4.90 Å². The van der Waals surface area contributed by atoms with Gasteiger partial charge in [-0.2, -0.15) is 0 Å². The van der Waals surface area contributed by atoms with Crippen LogP contribution in [0, 0.1) is 17.8 Å². The van der Waals surface area contributed by atoms with E-state index in [9.17, 15) is 0 Å². The van der Waals surface area contributed by atoms with Gasteiger partial charge in [0.2, 0.25) is 0 Å². The molecule has 122 valence electrons. The van der Waals surface area contributed by atoms with Gasteiger partial charge in [0.15, 0.2) is 0 Å². The van der Waals surface area contributed by atoms with Gasteiger partial charge in [-0.1, -0.05) is 19.3 Å². The second-order valence-electron chi connectivity index (χ2n) is 8.57. The van der Waals surface area contributed by atoms with E-state index in [0.29, 0.717) is 11.6 Å². The van der Waals surface area contributed by atoms with Crippen LogP contribution in [0.2, 0.25) is 0 Å². The highest BCUT2D eigenvalue weighted by atomic mass is 15.2. The van der Waals surface area contributed by atoms with Crippen molar-refractivity contribution in [3.63, 3.8) is 0 Å². The Labute approximate surface area is 132 Å². The Hall–Kier alpha value is -0.0800. The first kappa shape index (κ1) is 15.8. The first-order valence-corrected chi connectivity index (χ1v) is 9.53. The van der Waals surface area contributed by atoms with Crippen molar-refractivity contribution in [3.05, 3.63) is 0 Å². The predicted molar refractivity (Wildman–Crippen MR) is 90.5 cm³/mol. The molecule has 1 heterocycles. The maximum Gasteiger partial charge on any atom is 0.0306 e. The van der Waals surface area contributed by atoms with Gasteiger partial charge in [0.25, 0.3) is 0 Å². The van der Waals surface area contributed by atoms with Gasteiger partial charge in [0, 0.05) is 11.6 Å². The average Bonchev–Trinajstić information content (AvgIpc) is 2.97. The first-order chi connectivity index (χ1) is 10.1. The molecule has 2 saturated carbocycles. The van der Waals surface area contributed by atoms with Crippen molar-refractivity contribution in [2.45, 2.75) is 83.2 Å². The monoisotopic (exact) mass is 292 g/mol. The van der Waals surface area contributed by atoms with Crippen LogP contribution in [-0.4, -0.2) is 36.6 Å². The highest BCUT2D eigenvalue weighted by Crippen LogP contribution is 2.50. The molecular formula is C19H36N2. The van der Waals surface area contributed by atoms with E-state index in [0.717, 1.165) is 17.8 Å². The second-order valence-corrected chi connectivity index (χ2v) is 8.57. The highest BCUT2D eigenvalue weighted by Gasteiger charge is 2.43. The summed E-state index contributed by atoms with van der Waals surface area (Å²) in [5.41, 5.74) is 0.306. The lowest BCUT2D eigenvalue weighted by atomic mass is 9.79. The molecule has 2 nitrogen and oxygen atoms in total. The van der Waals surface area contributed by atoms with Crippen molar-refractivity contribution in [1.82, 2.24) is 10.2 Å². The van der Waals surface area contributed by atoms with Crippen molar-refractivity contribution in [1.29, 1.82) is 0 Å². The van der Waals surface area contributed by atoms with Crippen LogP contribution in [-0.2, 0) is 0 Å². The van der Waals surface area contributed by atoms with E-state index in [1.54, 1.807) is 6.42 Å². The summed E-state index contributed by atoms with van der Waals surface area (Å²) in [6.45, 7) is 7.60. The van der Waals surface area contributed by atoms with Crippen LogP contribution in [0.15, 0.2) is 0 Å². The van der Waals surface area contributed by atoms with Crippen molar-refractivity contribution in [3.8, 4) is 0 Å². The lowest BCUT2D eigenvalue weighted by Gasteiger charge is -2.45. The van der Waals surface area contributed by atoms with Crippen LogP contribution < -0.4 is 5.32 Å². The Morgan fingerprint density at radius 1 is 1.05 bits per heavy atom. The zero-order valence-corrected chi connectivity index (χ0v) is 14.5. The SMILES string of the molecule is CNC(CC1CC2CCC1C2)C(C)(C)N1CCCCCC1. The van der Waals surface area contributed by atoms with Crippen molar-refractivity contribution >= 4 is 0 Å². The Kier molecular flexibility index (Phi) is 4.95. The molecule has 2 bridgehead atoms. The van der Waals surface area contributed by atoms with Gasteiger partial charge in [0.05, 0.1) is 0 Å². The Morgan fingerprint density at radius 3 is 2.29 bits per heavy atom. The highest BCUT2D eigenvalue weighted by molar-refractivity contribution is 4.98. The topological polar surface area (TPSA) is 15.3 Å². The zero-order chi connectivity index (χ0) is 14.9. The summed E-state index contributed by atoms with van der Waals surface area (Å²) in [6.07, 6.45) is 13.2. The van der Waals surface area contributed by atoms with Crippen LogP contribution in [0.4, 0.5) is 0 Å². The zero-order valence-electron chi connectivity index (χ0n) is 14.5. The van der Waals surface area contributed by atoms with E-state index >= 15 is 0 Å². The van der Waals surface area contributed by atoms with Crippen molar-refractivity contribution in [2.75, 3.05) is 20.1 Å². The second kappa shape index (κ2) is 6.58. The third-order valence-corrected chi connectivity index (χ3v) is 7.05. The van der Waals surface area contributed by atoms with Crippen LogP contribution in [0.5, 0.6) is 0 Å². The molecule has 0 aromatic heterocycles. The molecule has 4 atom stereocenters. The molecule has 0 aromatic carbocycles. The molecule has 2 heteroatoms. The van der Waals surface area contributed by atoms with Gasteiger partial charge in [-0.05, 0) is 90.3 Å². The van der Waals surface area contributed by atoms with E-state index in [1.165, 1.54) is 64.5 Å². The third kappa shape index (κ3) is 3.32. The lowest BCUT2D eigenvalue weighted by Crippen LogP contribution is -2.58.